The Kier molecular flexibility index (Phi) is 6.28. The van der Waals surface area contributed by atoms with Crippen LogP contribution >= 0.6 is 0 Å². The van der Waals surface area contributed by atoms with Crippen LogP contribution in [0.2, 0.25) is 0 Å². The molecule has 0 saturated carbocycles. The van der Waals surface area contributed by atoms with Crippen LogP contribution < -0.4 is 10.1 Å². The van der Waals surface area contributed by atoms with Crippen LogP contribution in [-0.2, 0) is 14.9 Å². The summed E-state index contributed by atoms with van der Waals surface area (Å²) in [4.78, 5) is 13.8. The molecule has 0 aromatic heterocycles. The Labute approximate surface area is 184 Å². The van der Waals surface area contributed by atoms with Crippen molar-refractivity contribution >= 4 is 22.4 Å². The van der Waals surface area contributed by atoms with Gasteiger partial charge in [-0.15, -0.1) is 0 Å². The third-order valence-corrected chi connectivity index (χ3v) is 6.39. The van der Waals surface area contributed by atoms with E-state index >= 15 is 0 Å². The minimum atomic E-state index is -0.586. The van der Waals surface area contributed by atoms with Gasteiger partial charge in [-0.2, -0.15) is 0 Å². The summed E-state index contributed by atoms with van der Waals surface area (Å²) in [5.41, 5.74) is 2.45. The summed E-state index contributed by atoms with van der Waals surface area (Å²) in [7, 11) is 0. The topological polar surface area (TPSA) is 47.6 Å². The van der Waals surface area contributed by atoms with E-state index in [9.17, 15) is 4.79 Å². The molecule has 1 N–H and O–H groups in total. The van der Waals surface area contributed by atoms with E-state index in [0.717, 1.165) is 39.8 Å². The second-order valence-electron chi connectivity index (χ2n) is 8.51. The molecule has 4 rings (SSSR count). The van der Waals surface area contributed by atoms with E-state index in [1.165, 1.54) is 0 Å². The highest BCUT2D eigenvalue weighted by Crippen LogP contribution is 2.38. The summed E-state index contributed by atoms with van der Waals surface area (Å²) in [6.07, 6.45) is 2.43. The van der Waals surface area contributed by atoms with Crippen molar-refractivity contribution in [2.24, 2.45) is 0 Å². The molecule has 0 unspecified atom stereocenters. The van der Waals surface area contributed by atoms with Crippen LogP contribution in [0.3, 0.4) is 0 Å². The summed E-state index contributed by atoms with van der Waals surface area (Å²) >= 11 is 0. The molecule has 31 heavy (non-hydrogen) atoms. The number of fused-ring (bicyclic) bond motifs is 1. The number of ether oxygens (including phenoxy) is 2. The lowest BCUT2D eigenvalue weighted by Gasteiger charge is -2.36. The first kappa shape index (κ1) is 21.4. The second kappa shape index (κ2) is 9.11. The molecule has 4 heteroatoms. The SMILES string of the molecule is CC[C@@H](C)Oc1ccc(NC(=O)C2(c3cccc(C)c3)CCOCC2)c2ccccc12. The first-order chi connectivity index (χ1) is 15.0. The van der Waals surface area contributed by atoms with Crippen molar-refractivity contribution in [2.45, 2.75) is 51.6 Å². The van der Waals surface area contributed by atoms with Gasteiger partial charge in [0.25, 0.3) is 0 Å². The van der Waals surface area contributed by atoms with Gasteiger partial charge in [0.15, 0.2) is 0 Å². The summed E-state index contributed by atoms with van der Waals surface area (Å²) in [5, 5.41) is 5.26. The van der Waals surface area contributed by atoms with Gasteiger partial charge in [0, 0.05) is 29.7 Å². The van der Waals surface area contributed by atoms with E-state index in [2.05, 4.69) is 44.3 Å². The highest BCUT2D eigenvalue weighted by atomic mass is 16.5. The van der Waals surface area contributed by atoms with E-state index in [4.69, 9.17) is 9.47 Å². The molecule has 1 saturated heterocycles. The average molecular weight is 418 g/mol. The van der Waals surface area contributed by atoms with Crippen molar-refractivity contribution in [2.75, 3.05) is 18.5 Å². The minimum Gasteiger partial charge on any atom is -0.490 e. The maximum absolute atomic E-state index is 13.8. The van der Waals surface area contributed by atoms with Crippen LogP contribution in [0, 0.1) is 6.92 Å². The molecule has 0 spiro atoms. The summed E-state index contributed by atoms with van der Waals surface area (Å²) in [6, 6.07) is 20.3. The predicted molar refractivity (Wildman–Crippen MR) is 126 cm³/mol. The van der Waals surface area contributed by atoms with E-state index in [-0.39, 0.29) is 12.0 Å². The number of hydrogen-bond acceptors (Lipinski definition) is 3. The lowest BCUT2D eigenvalue weighted by atomic mass is 9.73. The van der Waals surface area contributed by atoms with Gasteiger partial charge in [0.2, 0.25) is 5.91 Å². The lowest BCUT2D eigenvalue weighted by molar-refractivity contribution is -0.125. The Morgan fingerprint density at radius 2 is 1.81 bits per heavy atom. The Hall–Kier alpha value is -2.85. The molecule has 1 atom stereocenters. The van der Waals surface area contributed by atoms with Crippen LogP contribution in [0.15, 0.2) is 60.7 Å². The van der Waals surface area contributed by atoms with Gasteiger partial charge in [-0.1, -0.05) is 61.0 Å². The summed E-state index contributed by atoms with van der Waals surface area (Å²) in [5.74, 6) is 0.879. The van der Waals surface area contributed by atoms with Crippen molar-refractivity contribution in [3.63, 3.8) is 0 Å². The standard InChI is InChI=1S/C27H31NO3/c1-4-20(3)31-25-13-12-24(22-10-5-6-11-23(22)25)28-26(29)27(14-16-30-17-15-27)21-9-7-8-19(2)18-21/h5-13,18,20H,4,14-17H2,1-3H3,(H,28,29)/t20-/m1/s1. The van der Waals surface area contributed by atoms with Crippen LogP contribution in [0.5, 0.6) is 5.75 Å². The van der Waals surface area contributed by atoms with Gasteiger partial charge in [-0.05, 0) is 50.8 Å². The first-order valence-corrected chi connectivity index (χ1v) is 11.2. The number of hydrogen-bond donors (Lipinski definition) is 1. The normalized spacial score (nSPS) is 16.6. The number of carbonyl (C=O) groups excluding carboxylic acids is 1. The second-order valence-corrected chi connectivity index (χ2v) is 8.51. The molecular weight excluding hydrogens is 386 g/mol. The molecule has 0 bridgehead atoms. The maximum Gasteiger partial charge on any atom is 0.235 e. The van der Waals surface area contributed by atoms with Crippen LogP contribution in [-0.4, -0.2) is 25.2 Å². The number of anilines is 1. The molecule has 4 nitrogen and oxygen atoms in total. The van der Waals surface area contributed by atoms with Crippen molar-refractivity contribution in [1.29, 1.82) is 0 Å². The smallest absolute Gasteiger partial charge is 0.235 e. The molecule has 1 amide bonds. The van der Waals surface area contributed by atoms with Crippen molar-refractivity contribution in [3.8, 4) is 5.75 Å². The van der Waals surface area contributed by atoms with Crippen LogP contribution in [0.4, 0.5) is 5.69 Å². The molecule has 162 valence electrons. The highest BCUT2D eigenvalue weighted by Gasteiger charge is 2.42. The summed E-state index contributed by atoms with van der Waals surface area (Å²) < 4.78 is 11.7. The fourth-order valence-corrected chi connectivity index (χ4v) is 4.33. The lowest BCUT2D eigenvalue weighted by Crippen LogP contribution is -2.44. The van der Waals surface area contributed by atoms with Crippen molar-refractivity contribution in [1.82, 2.24) is 0 Å². The van der Waals surface area contributed by atoms with Crippen molar-refractivity contribution in [3.05, 3.63) is 71.8 Å². The number of amides is 1. The zero-order valence-electron chi connectivity index (χ0n) is 18.6. The molecule has 0 aliphatic carbocycles. The number of nitrogens with one attached hydrogen (secondary N) is 1. The van der Waals surface area contributed by atoms with Crippen LogP contribution in [0.1, 0.15) is 44.2 Å². The Morgan fingerprint density at radius 1 is 1.06 bits per heavy atom. The Balaban J connectivity index is 1.70. The minimum absolute atomic E-state index is 0.0298. The Bertz CT molecular complexity index is 1070. The van der Waals surface area contributed by atoms with Gasteiger partial charge in [0.05, 0.1) is 11.5 Å². The van der Waals surface area contributed by atoms with Crippen molar-refractivity contribution < 1.29 is 14.3 Å². The van der Waals surface area contributed by atoms with E-state index in [1.54, 1.807) is 0 Å². The van der Waals surface area contributed by atoms with E-state index in [1.807, 2.05) is 42.5 Å². The zero-order chi connectivity index (χ0) is 21.8. The van der Waals surface area contributed by atoms with Gasteiger partial charge in [-0.3, -0.25) is 4.79 Å². The number of benzene rings is 3. The van der Waals surface area contributed by atoms with Gasteiger partial charge in [0.1, 0.15) is 5.75 Å². The fourth-order valence-electron chi connectivity index (χ4n) is 4.33. The average Bonchev–Trinajstić information content (AvgIpc) is 2.81. The highest BCUT2D eigenvalue weighted by molar-refractivity contribution is 6.07. The number of rotatable bonds is 6. The van der Waals surface area contributed by atoms with E-state index in [0.29, 0.717) is 26.1 Å². The molecule has 3 aromatic rings. The molecule has 3 aromatic carbocycles. The van der Waals surface area contributed by atoms with Gasteiger partial charge < -0.3 is 14.8 Å². The van der Waals surface area contributed by atoms with Gasteiger partial charge >= 0.3 is 0 Å². The largest absolute Gasteiger partial charge is 0.490 e. The number of aryl methyl sites for hydroxylation is 1. The quantitative estimate of drug-likeness (QED) is 0.534. The molecule has 1 heterocycles. The fraction of sp³-hybridized carbons (Fsp3) is 0.370. The first-order valence-electron chi connectivity index (χ1n) is 11.2. The molecule has 1 aliphatic rings. The zero-order valence-corrected chi connectivity index (χ0v) is 18.6. The third-order valence-electron chi connectivity index (χ3n) is 6.39. The maximum atomic E-state index is 13.8. The molecule has 1 aliphatic heterocycles. The van der Waals surface area contributed by atoms with Crippen LogP contribution in [0.25, 0.3) is 10.8 Å². The molecule has 0 radical (unpaired) electrons. The van der Waals surface area contributed by atoms with Gasteiger partial charge in [-0.25, -0.2) is 0 Å². The van der Waals surface area contributed by atoms with E-state index < -0.39 is 5.41 Å². The molecular formula is C27H31NO3. The summed E-state index contributed by atoms with van der Waals surface area (Å²) in [6.45, 7) is 7.42. The monoisotopic (exact) mass is 417 g/mol. The number of carbonyl (C=O) groups is 1. The Morgan fingerprint density at radius 3 is 2.52 bits per heavy atom. The predicted octanol–water partition coefficient (Wildman–Crippen LogP) is 6.01. The third kappa shape index (κ3) is 4.31. The molecule has 1 fully saturated rings.